The summed E-state index contributed by atoms with van der Waals surface area (Å²) in [6.07, 6.45) is 2.82. The highest BCUT2D eigenvalue weighted by molar-refractivity contribution is 5.85. The lowest BCUT2D eigenvalue weighted by Crippen LogP contribution is -2.28. The van der Waals surface area contributed by atoms with E-state index in [1.54, 1.807) is 12.3 Å². The molecule has 0 amide bonds. The first-order chi connectivity index (χ1) is 7.40. The highest BCUT2D eigenvalue weighted by Gasteiger charge is 2.10. The largest absolute Gasteiger partial charge is 0.355 e. The molecule has 4 nitrogen and oxygen atoms in total. The van der Waals surface area contributed by atoms with Gasteiger partial charge in [-0.05, 0) is 25.1 Å². The van der Waals surface area contributed by atoms with Gasteiger partial charge in [0.1, 0.15) is 5.82 Å². The van der Waals surface area contributed by atoms with Crippen LogP contribution in [0, 0.1) is 11.3 Å². The van der Waals surface area contributed by atoms with E-state index in [0.717, 1.165) is 38.4 Å². The van der Waals surface area contributed by atoms with E-state index in [0.29, 0.717) is 5.56 Å². The maximum atomic E-state index is 8.81. The summed E-state index contributed by atoms with van der Waals surface area (Å²) in [5, 5.41) is 12.1. The lowest BCUT2D eigenvalue weighted by Gasteiger charge is -2.20. The summed E-state index contributed by atoms with van der Waals surface area (Å²) in [7, 11) is 0. The van der Waals surface area contributed by atoms with Crippen molar-refractivity contribution in [3.63, 3.8) is 0 Å². The van der Waals surface area contributed by atoms with Gasteiger partial charge in [-0.15, -0.1) is 24.8 Å². The molecule has 0 bridgehead atoms. The lowest BCUT2D eigenvalue weighted by molar-refractivity contribution is 0.724. The Bertz CT molecular complexity index is 370. The molecule has 1 N–H and O–H groups in total. The molecule has 1 aromatic rings. The molecule has 1 fully saturated rings. The molecule has 0 saturated carbocycles. The zero-order valence-electron chi connectivity index (χ0n) is 9.43. The van der Waals surface area contributed by atoms with Crippen molar-refractivity contribution in [1.29, 1.82) is 5.26 Å². The first kappa shape index (κ1) is 16.0. The second-order valence-electron chi connectivity index (χ2n) is 3.61. The van der Waals surface area contributed by atoms with Crippen LogP contribution in [0.2, 0.25) is 0 Å². The molecule has 0 aromatic carbocycles. The van der Waals surface area contributed by atoms with Crippen LogP contribution in [-0.2, 0) is 0 Å². The van der Waals surface area contributed by atoms with Gasteiger partial charge < -0.3 is 10.2 Å². The second kappa shape index (κ2) is 8.13. The lowest BCUT2D eigenvalue weighted by atomic mass is 10.2. The molecule has 0 aliphatic carbocycles. The van der Waals surface area contributed by atoms with E-state index in [1.165, 1.54) is 0 Å². The van der Waals surface area contributed by atoms with Crippen LogP contribution in [0.25, 0.3) is 0 Å². The van der Waals surface area contributed by atoms with Gasteiger partial charge in [-0.3, -0.25) is 0 Å². The van der Waals surface area contributed by atoms with Crippen molar-refractivity contribution in [2.75, 3.05) is 31.1 Å². The van der Waals surface area contributed by atoms with Crippen molar-refractivity contribution < 1.29 is 0 Å². The summed E-state index contributed by atoms with van der Waals surface area (Å²) in [5.41, 5.74) is 0.678. The Morgan fingerprint density at radius 1 is 1.29 bits per heavy atom. The highest BCUT2D eigenvalue weighted by Crippen LogP contribution is 2.12. The van der Waals surface area contributed by atoms with Crippen molar-refractivity contribution in [3.8, 4) is 6.07 Å². The number of hydrogen-bond donors (Lipinski definition) is 1. The summed E-state index contributed by atoms with van der Waals surface area (Å²) in [5.74, 6) is 0.915. The molecule has 2 heterocycles. The number of hydrogen-bond acceptors (Lipinski definition) is 4. The summed E-state index contributed by atoms with van der Waals surface area (Å²) in [6, 6.07) is 5.73. The van der Waals surface area contributed by atoms with Crippen molar-refractivity contribution >= 4 is 30.6 Å². The van der Waals surface area contributed by atoms with Crippen molar-refractivity contribution in [1.82, 2.24) is 10.3 Å². The van der Waals surface area contributed by atoms with Gasteiger partial charge in [-0.1, -0.05) is 0 Å². The number of nitrogens with zero attached hydrogens (tertiary/aromatic N) is 3. The maximum absolute atomic E-state index is 8.81. The Labute approximate surface area is 114 Å². The van der Waals surface area contributed by atoms with Gasteiger partial charge in [-0.2, -0.15) is 5.26 Å². The Balaban J connectivity index is 0.00000128. The van der Waals surface area contributed by atoms with Crippen molar-refractivity contribution in [2.24, 2.45) is 0 Å². The van der Waals surface area contributed by atoms with Crippen LogP contribution in [0.5, 0.6) is 0 Å². The predicted molar refractivity (Wildman–Crippen MR) is 73.1 cm³/mol. The average Bonchev–Trinajstić information content (AvgIpc) is 2.58. The third-order valence-corrected chi connectivity index (χ3v) is 2.54. The van der Waals surface area contributed by atoms with Gasteiger partial charge >= 0.3 is 0 Å². The monoisotopic (exact) mass is 274 g/mol. The number of aromatic nitrogens is 1. The normalized spacial score (nSPS) is 14.9. The topological polar surface area (TPSA) is 52.0 Å². The van der Waals surface area contributed by atoms with E-state index in [-0.39, 0.29) is 24.8 Å². The van der Waals surface area contributed by atoms with Gasteiger partial charge in [0.2, 0.25) is 0 Å². The first-order valence-electron chi connectivity index (χ1n) is 5.22. The SMILES string of the molecule is Cl.Cl.N#Cc1ccnc(N2CCCNCC2)c1. The number of nitriles is 1. The Hall–Kier alpha value is -1.02. The van der Waals surface area contributed by atoms with Crippen LogP contribution in [0.4, 0.5) is 5.82 Å². The molecule has 1 aliphatic heterocycles. The maximum Gasteiger partial charge on any atom is 0.129 e. The van der Waals surface area contributed by atoms with Crippen LogP contribution < -0.4 is 10.2 Å². The van der Waals surface area contributed by atoms with E-state index in [4.69, 9.17) is 5.26 Å². The minimum absolute atomic E-state index is 0. The highest BCUT2D eigenvalue weighted by atomic mass is 35.5. The van der Waals surface area contributed by atoms with Crippen LogP contribution in [-0.4, -0.2) is 31.2 Å². The van der Waals surface area contributed by atoms with Crippen LogP contribution >= 0.6 is 24.8 Å². The molecule has 17 heavy (non-hydrogen) atoms. The average molecular weight is 275 g/mol. The summed E-state index contributed by atoms with van der Waals surface area (Å²) in [6.45, 7) is 4.02. The second-order valence-corrected chi connectivity index (χ2v) is 3.61. The standard InChI is InChI=1S/C11H14N4.2ClH/c12-9-10-2-4-14-11(8-10)15-6-1-3-13-5-7-15;;/h2,4,8,13H,1,3,5-7H2;2*1H. The number of nitrogens with one attached hydrogen (secondary N) is 1. The van der Waals surface area contributed by atoms with Crippen LogP contribution in [0.15, 0.2) is 18.3 Å². The van der Waals surface area contributed by atoms with Gasteiger partial charge in [-0.25, -0.2) is 4.98 Å². The molecule has 6 heteroatoms. The minimum Gasteiger partial charge on any atom is -0.355 e. The fourth-order valence-corrected chi connectivity index (χ4v) is 1.74. The Kier molecular flexibility index (Phi) is 7.64. The predicted octanol–water partition coefficient (Wildman–Crippen LogP) is 1.60. The molecular formula is C11H16Cl2N4. The number of pyridine rings is 1. The molecule has 1 saturated heterocycles. The van der Waals surface area contributed by atoms with E-state index in [9.17, 15) is 0 Å². The summed E-state index contributed by atoms with van der Waals surface area (Å²) in [4.78, 5) is 6.52. The van der Waals surface area contributed by atoms with Crippen LogP contribution in [0.1, 0.15) is 12.0 Å². The summed E-state index contributed by atoms with van der Waals surface area (Å²) < 4.78 is 0. The molecule has 0 atom stereocenters. The van der Waals surface area contributed by atoms with Gasteiger partial charge in [0, 0.05) is 25.8 Å². The fraction of sp³-hybridized carbons (Fsp3) is 0.455. The van der Waals surface area contributed by atoms with Gasteiger partial charge in [0.05, 0.1) is 11.6 Å². The number of rotatable bonds is 1. The first-order valence-corrected chi connectivity index (χ1v) is 5.22. The summed E-state index contributed by atoms with van der Waals surface area (Å²) >= 11 is 0. The molecule has 0 spiro atoms. The van der Waals surface area contributed by atoms with E-state index in [2.05, 4.69) is 21.3 Å². The fourth-order valence-electron chi connectivity index (χ4n) is 1.74. The molecule has 2 rings (SSSR count). The minimum atomic E-state index is 0. The molecule has 94 valence electrons. The molecule has 0 radical (unpaired) electrons. The van der Waals surface area contributed by atoms with E-state index < -0.39 is 0 Å². The molecule has 0 unspecified atom stereocenters. The Morgan fingerprint density at radius 3 is 2.88 bits per heavy atom. The third-order valence-electron chi connectivity index (χ3n) is 2.54. The number of halogens is 2. The van der Waals surface area contributed by atoms with Gasteiger partial charge in [0.15, 0.2) is 0 Å². The molecule has 1 aliphatic rings. The zero-order valence-corrected chi connectivity index (χ0v) is 11.1. The Morgan fingerprint density at radius 2 is 2.12 bits per heavy atom. The zero-order chi connectivity index (χ0) is 10.5. The quantitative estimate of drug-likeness (QED) is 0.845. The third kappa shape index (κ3) is 4.39. The van der Waals surface area contributed by atoms with Crippen molar-refractivity contribution in [2.45, 2.75) is 6.42 Å². The van der Waals surface area contributed by atoms with E-state index >= 15 is 0 Å². The van der Waals surface area contributed by atoms with E-state index in [1.807, 2.05) is 6.07 Å². The van der Waals surface area contributed by atoms with Gasteiger partial charge in [0.25, 0.3) is 0 Å². The smallest absolute Gasteiger partial charge is 0.129 e. The number of anilines is 1. The molecular weight excluding hydrogens is 259 g/mol. The van der Waals surface area contributed by atoms with Crippen molar-refractivity contribution in [3.05, 3.63) is 23.9 Å². The van der Waals surface area contributed by atoms with Crippen LogP contribution in [0.3, 0.4) is 0 Å². The molecule has 1 aromatic heterocycles.